The Morgan fingerprint density at radius 3 is 2.28 bits per heavy atom. The molecule has 1 fully saturated rings. The predicted molar refractivity (Wildman–Crippen MR) is 98.6 cm³/mol. The Labute approximate surface area is 150 Å². The Morgan fingerprint density at radius 1 is 1.16 bits per heavy atom. The second-order valence-electron chi connectivity index (χ2n) is 7.21. The summed E-state index contributed by atoms with van der Waals surface area (Å²) in [7, 11) is 3.43. The lowest BCUT2D eigenvalue weighted by atomic mass is 9.93. The van der Waals surface area contributed by atoms with Gasteiger partial charge in [-0.3, -0.25) is 9.79 Å². The van der Waals surface area contributed by atoms with Gasteiger partial charge in [0.25, 0.3) is 0 Å². The van der Waals surface area contributed by atoms with Gasteiger partial charge in [-0.05, 0) is 39.5 Å². The van der Waals surface area contributed by atoms with Crippen molar-refractivity contribution in [1.82, 2.24) is 20.9 Å². The minimum Gasteiger partial charge on any atom is -0.444 e. The Kier molecular flexibility index (Phi) is 8.51. The lowest BCUT2D eigenvalue weighted by Gasteiger charge is -2.34. The van der Waals surface area contributed by atoms with Gasteiger partial charge in [-0.15, -0.1) is 0 Å². The zero-order chi connectivity index (χ0) is 18.9. The van der Waals surface area contributed by atoms with Crippen molar-refractivity contribution < 1.29 is 14.3 Å². The zero-order valence-corrected chi connectivity index (χ0v) is 16.1. The summed E-state index contributed by atoms with van der Waals surface area (Å²) in [6.45, 7) is 8.29. The minimum atomic E-state index is -0.493. The van der Waals surface area contributed by atoms with Crippen LogP contribution in [-0.4, -0.2) is 68.7 Å². The Balaban J connectivity index is 2.27. The molecule has 0 aromatic rings. The van der Waals surface area contributed by atoms with Gasteiger partial charge >= 0.3 is 6.09 Å². The van der Waals surface area contributed by atoms with Crippen molar-refractivity contribution in [2.45, 2.75) is 45.6 Å². The van der Waals surface area contributed by atoms with Crippen LogP contribution in [-0.2, 0) is 9.53 Å². The molecule has 1 saturated heterocycles. The summed E-state index contributed by atoms with van der Waals surface area (Å²) in [6.07, 6.45) is 2.13. The number of nitrogens with one attached hydrogen (secondary N) is 3. The number of nitrogens with zero attached hydrogens (tertiary/aromatic N) is 2. The van der Waals surface area contributed by atoms with Crippen LogP contribution < -0.4 is 16.0 Å². The molecule has 0 aromatic carbocycles. The van der Waals surface area contributed by atoms with Gasteiger partial charge in [0.05, 0.1) is 0 Å². The molecule has 8 heteroatoms. The summed E-state index contributed by atoms with van der Waals surface area (Å²) >= 11 is 0. The van der Waals surface area contributed by atoms with E-state index in [1.54, 1.807) is 14.1 Å². The molecule has 0 atom stereocenters. The van der Waals surface area contributed by atoms with E-state index in [0.29, 0.717) is 25.4 Å². The van der Waals surface area contributed by atoms with Crippen molar-refractivity contribution in [3.05, 3.63) is 0 Å². The number of amides is 2. The molecule has 144 valence electrons. The molecule has 1 aliphatic heterocycles. The Bertz CT molecular complexity index is 465. The maximum Gasteiger partial charge on any atom is 0.407 e. The normalized spacial score (nSPS) is 16.4. The van der Waals surface area contributed by atoms with E-state index in [1.165, 1.54) is 0 Å². The average Bonchev–Trinajstić information content (AvgIpc) is 2.54. The number of carbonyl (C=O) groups excluding carboxylic acids is 2. The number of piperidine rings is 1. The number of likely N-dealkylation sites (tertiary alicyclic amines) is 1. The average molecular weight is 355 g/mol. The van der Waals surface area contributed by atoms with Crippen LogP contribution in [0.1, 0.15) is 40.0 Å². The third-order valence-corrected chi connectivity index (χ3v) is 3.96. The standard InChI is InChI=1S/C17H33N5O3/c1-17(2,3)25-16(24)21-9-8-20-15(19-5)22-10-6-13(7-11-22)12-14(23)18-4/h13H,6-12H2,1-5H3,(H,18,23)(H,19,20)(H,21,24). The molecule has 0 saturated carbocycles. The highest BCUT2D eigenvalue weighted by Crippen LogP contribution is 2.20. The molecule has 0 unspecified atom stereocenters. The van der Waals surface area contributed by atoms with Crippen molar-refractivity contribution in [2.24, 2.45) is 10.9 Å². The lowest BCUT2D eigenvalue weighted by molar-refractivity contribution is -0.121. The summed E-state index contributed by atoms with van der Waals surface area (Å²) in [5.74, 6) is 1.36. The van der Waals surface area contributed by atoms with Crippen molar-refractivity contribution in [3.8, 4) is 0 Å². The monoisotopic (exact) mass is 355 g/mol. The van der Waals surface area contributed by atoms with E-state index >= 15 is 0 Å². The molecule has 0 radical (unpaired) electrons. The number of aliphatic imine (C=N–C) groups is 1. The van der Waals surface area contributed by atoms with E-state index in [2.05, 4.69) is 25.8 Å². The Morgan fingerprint density at radius 2 is 1.76 bits per heavy atom. The van der Waals surface area contributed by atoms with Crippen LogP contribution in [0.2, 0.25) is 0 Å². The number of guanidine groups is 1. The molecule has 1 rings (SSSR count). The van der Waals surface area contributed by atoms with Gasteiger partial charge in [0, 0.05) is 46.7 Å². The highest BCUT2D eigenvalue weighted by atomic mass is 16.6. The van der Waals surface area contributed by atoms with Crippen LogP contribution in [0.25, 0.3) is 0 Å². The van der Waals surface area contributed by atoms with Crippen LogP contribution in [0.3, 0.4) is 0 Å². The second-order valence-corrected chi connectivity index (χ2v) is 7.21. The lowest BCUT2D eigenvalue weighted by Crippen LogP contribution is -2.47. The number of hydrogen-bond donors (Lipinski definition) is 3. The molecule has 2 amide bonds. The highest BCUT2D eigenvalue weighted by Gasteiger charge is 2.23. The fourth-order valence-corrected chi connectivity index (χ4v) is 2.70. The largest absolute Gasteiger partial charge is 0.444 e. The number of hydrogen-bond acceptors (Lipinski definition) is 4. The van der Waals surface area contributed by atoms with Gasteiger partial charge in [-0.25, -0.2) is 4.79 Å². The molecular formula is C17H33N5O3. The first kappa shape index (κ1) is 21.1. The predicted octanol–water partition coefficient (Wildman–Crippen LogP) is 0.935. The summed E-state index contributed by atoms with van der Waals surface area (Å²) in [6, 6.07) is 0. The van der Waals surface area contributed by atoms with E-state index < -0.39 is 11.7 Å². The first-order valence-corrected chi connectivity index (χ1v) is 8.88. The van der Waals surface area contributed by atoms with Crippen molar-refractivity contribution in [1.29, 1.82) is 0 Å². The van der Waals surface area contributed by atoms with Crippen LogP contribution >= 0.6 is 0 Å². The fourth-order valence-electron chi connectivity index (χ4n) is 2.70. The maximum atomic E-state index is 11.6. The molecule has 1 aliphatic rings. The number of rotatable bonds is 5. The third-order valence-electron chi connectivity index (χ3n) is 3.96. The van der Waals surface area contributed by atoms with Crippen LogP contribution in [0.4, 0.5) is 4.79 Å². The first-order valence-electron chi connectivity index (χ1n) is 8.88. The minimum absolute atomic E-state index is 0.106. The fraction of sp³-hybridized carbons (Fsp3) is 0.824. The SMILES string of the molecule is CN=C(NCCNC(=O)OC(C)(C)C)N1CCC(CC(=O)NC)CC1. The number of alkyl carbamates (subject to hydrolysis) is 1. The molecular weight excluding hydrogens is 322 g/mol. The van der Waals surface area contributed by atoms with Crippen LogP contribution in [0, 0.1) is 5.92 Å². The van der Waals surface area contributed by atoms with Crippen molar-refractivity contribution in [2.75, 3.05) is 40.3 Å². The van der Waals surface area contributed by atoms with E-state index in [9.17, 15) is 9.59 Å². The third kappa shape index (κ3) is 8.60. The first-order chi connectivity index (χ1) is 11.7. The van der Waals surface area contributed by atoms with Gasteiger partial charge in [-0.2, -0.15) is 0 Å². The number of carbonyl (C=O) groups is 2. The highest BCUT2D eigenvalue weighted by molar-refractivity contribution is 5.80. The maximum absolute atomic E-state index is 11.6. The summed E-state index contributed by atoms with van der Waals surface area (Å²) in [5.41, 5.74) is -0.493. The van der Waals surface area contributed by atoms with Gasteiger partial charge in [0.2, 0.25) is 5.91 Å². The molecule has 0 aliphatic carbocycles. The van der Waals surface area contributed by atoms with E-state index in [-0.39, 0.29) is 5.91 Å². The zero-order valence-electron chi connectivity index (χ0n) is 16.1. The number of ether oxygens (including phenoxy) is 1. The van der Waals surface area contributed by atoms with Crippen molar-refractivity contribution >= 4 is 18.0 Å². The van der Waals surface area contributed by atoms with E-state index in [1.807, 2.05) is 20.8 Å². The summed E-state index contributed by atoms with van der Waals surface area (Å²) < 4.78 is 5.19. The van der Waals surface area contributed by atoms with Gasteiger partial charge in [0.1, 0.15) is 5.60 Å². The quantitative estimate of drug-likeness (QED) is 0.387. The molecule has 0 bridgehead atoms. The Hall–Kier alpha value is -1.99. The van der Waals surface area contributed by atoms with Gasteiger partial charge < -0.3 is 25.6 Å². The molecule has 0 aromatic heterocycles. The topological polar surface area (TPSA) is 95.1 Å². The van der Waals surface area contributed by atoms with Crippen molar-refractivity contribution in [3.63, 3.8) is 0 Å². The summed E-state index contributed by atoms with van der Waals surface area (Å²) in [4.78, 5) is 29.5. The van der Waals surface area contributed by atoms with Crippen LogP contribution in [0.5, 0.6) is 0 Å². The smallest absolute Gasteiger partial charge is 0.407 e. The molecule has 3 N–H and O–H groups in total. The van der Waals surface area contributed by atoms with E-state index in [0.717, 1.165) is 31.9 Å². The van der Waals surface area contributed by atoms with Gasteiger partial charge in [0.15, 0.2) is 5.96 Å². The molecule has 8 nitrogen and oxygen atoms in total. The molecule has 0 spiro atoms. The van der Waals surface area contributed by atoms with Gasteiger partial charge in [-0.1, -0.05) is 0 Å². The van der Waals surface area contributed by atoms with E-state index in [4.69, 9.17) is 4.74 Å². The molecule has 25 heavy (non-hydrogen) atoms. The second kappa shape index (κ2) is 10.1. The van der Waals surface area contributed by atoms with Crippen LogP contribution in [0.15, 0.2) is 4.99 Å². The molecule has 1 heterocycles. The summed E-state index contributed by atoms with van der Waals surface area (Å²) in [5, 5.41) is 8.65.